The van der Waals surface area contributed by atoms with Crippen molar-refractivity contribution in [1.29, 1.82) is 5.26 Å². The van der Waals surface area contributed by atoms with Crippen molar-refractivity contribution in [2.24, 2.45) is 5.73 Å². The SMILES string of the molecule is CCOC(=O)CSc1nnc(N2C(N)=C(C#N)C(c3ccc(C(=O)OC)cc3)C3=C2CCCC3=O)s1. The van der Waals surface area contributed by atoms with Crippen LogP contribution in [0.25, 0.3) is 0 Å². The van der Waals surface area contributed by atoms with E-state index in [-0.39, 0.29) is 28.9 Å². The molecule has 1 aromatic carbocycles. The van der Waals surface area contributed by atoms with Crippen molar-refractivity contribution in [1.82, 2.24) is 10.2 Å². The Balaban J connectivity index is 1.74. The Bertz CT molecular complexity index is 1310. The van der Waals surface area contributed by atoms with Crippen molar-refractivity contribution in [3.8, 4) is 6.07 Å². The van der Waals surface area contributed by atoms with Gasteiger partial charge in [0.25, 0.3) is 0 Å². The molecule has 0 bridgehead atoms. The first kappa shape index (κ1) is 25.4. The maximum absolute atomic E-state index is 13.2. The van der Waals surface area contributed by atoms with Crippen LogP contribution in [0.1, 0.15) is 48.0 Å². The largest absolute Gasteiger partial charge is 0.465 e. The number of nitriles is 1. The van der Waals surface area contributed by atoms with E-state index in [4.69, 9.17) is 15.2 Å². The summed E-state index contributed by atoms with van der Waals surface area (Å²) in [5, 5.41) is 18.9. The minimum atomic E-state index is -0.661. The van der Waals surface area contributed by atoms with Gasteiger partial charge in [-0.15, -0.1) is 10.2 Å². The molecular weight excluding hydrogens is 502 g/mol. The second kappa shape index (κ2) is 10.9. The summed E-state index contributed by atoms with van der Waals surface area (Å²) >= 11 is 2.41. The standard InChI is InChI=1S/C24H23N5O5S2/c1-3-34-18(31)12-35-24-28-27-23(36-24)29-16-5-4-6-17(30)20(16)19(15(11-25)21(29)26)13-7-9-14(10-8-13)22(32)33-2/h7-10,19H,3-6,12,26H2,1-2H3. The number of aromatic nitrogens is 2. The molecule has 2 aromatic rings. The van der Waals surface area contributed by atoms with Crippen LogP contribution in [0, 0.1) is 11.3 Å². The van der Waals surface area contributed by atoms with Gasteiger partial charge in [0.05, 0.1) is 42.6 Å². The number of hydrogen-bond acceptors (Lipinski definition) is 12. The fraction of sp³-hybridized carbons (Fsp3) is 0.333. The number of ether oxygens (including phenoxy) is 2. The number of nitrogens with two attached hydrogens (primary N) is 1. The predicted octanol–water partition coefficient (Wildman–Crippen LogP) is 3.28. The first-order valence-electron chi connectivity index (χ1n) is 11.2. The molecule has 186 valence electrons. The van der Waals surface area contributed by atoms with Crippen LogP contribution in [-0.4, -0.2) is 47.4 Å². The molecular formula is C24H23N5O5S2. The number of carbonyl (C=O) groups is 3. The summed E-state index contributed by atoms with van der Waals surface area (Å²) in [5.74, 6) is -1.30. The highest BCUT2D eigenvalue weighted by molar-refractivity contribution is 8.01. The first-order valence-corrected chi connectivity index (χ1v) is 13.0. The van der Waals surface area contributed by atoms with Crippen LogP contribution in [-0.2, 0) is 19.1 Å². The average Bonchev–Trinajstić information content (AvgIpc) is 3.35. The summed E-state index contributed by atoms with van der Waals surface area (Å²) in [5.41, 5.74) is 8.96. The van der Waals surface area contributed by atoms with Gasteiger partial charge in [-0.3, -0.25) is 14.5 Å². The molecule has 0 fully saturated rings. The number of carbonyl (C=O) groups excluding carboxylic acids is 3. The van der Waals surface area contributed by atoms with Crippen LogP contribution >= 0.6 is 23.1 Å². The van der Waals surface area contributed by atoms with Gasteiger partial charge in [0, 0.05) is 17.7 Å². The van der Waals surface area contributed by atoms with Gasteiger partial charge in [-0.25, -0.2) is 4.79 Å². The van der Waals surface area contributed by atoms with E-state index in [2.05, 4.69) is 16.3 Å². The van der Waals surface area contributed by atoms with Gasteiger partial charge in [-0.05, 0) is 37.5 Å². The molecule has 1 unspecified atom stereocenters. The van der Waals surface area contributed by atoms with Crippen LogP contribution in [0.3, 0.4) is 0 Å². The molecule has 4 rings (SSSR count). The number of ketones is 1. The van der Waals surface area contributed by atoms with E-state index in [1.165, 1.54) is 30.2 Å². The maximum Gasteiger partial charge on any atom is 0.337 e. The molecule has 1 aromatic heterocycles. The lowest BCUT2D eigenvalue weighted by Gasteiger charge is -2.38. The molecule has 2 heterocycles. The van der Waals surface area contributed by atoms with Crippen LogP contribution in [0.5, 0.6) is 0 Å². The molecule has 1 aliphatic heterocycles. The molecule has 0 saturated carbocycles. The summed E-state index contributed by atoms with van der Waals surface area (Å²) in [7, 11) is 1.30. The number of hydrogen-bond donors (Lipinski definition) is 1. The zero-order chi connectivity index (χ0) is 25.8. The van der Waals surface area contributed by atoms with Gasteiger partial charge >= 0.3 is 11.9 Å². The summed E-state index contributed by atoms with van der Waals surface area (Å²) in [6.45, 7) is 2.03. The fourth-order valence-electron chi connectivity index (χ4n) is 4.24. The number of nitrogens with zero attached hydrogens (tertiary/aromatic N) is 4. The second-order valence-electron chi connectivity index (χ2n) is 7.87. The molecule has 1 atom stereocenters. The predicted molar refractivity (Wildman–Crippen MR) is 133 cm³/mol. The number of Topliss-reactive ketones (excluding diaryl/α,β-unsaturated/α-hetero) is 1. The fourth-order valence-corrected chi connectivity index (χ4v) is 5.92. The van der Waals surface area contributed by atoms with Crippen molar-refractivity contribution in [3.05, 3.63) is 58.1 Å². The normalized spacial score (nSPS) is 17.5. The third kappa shape index (κ3) is 4.84. The van der Waals surface area contributed by atoms with Crippen LogP contribution in [0.2, 0.25) is 0 Å². The third-order valence-electron chi connectivity index (χ3n) is 5.78. The number of methoxy groups -OCH3 is 1. The summed E-state index contributed by atoms with van der Waals surface area (Å²) in [4.78, 5) is 38.4. The number of allylic oxidation sites excluding steroid dienone is 3. The van der Waals surface area contributed by atoms with Crippen molar-refractivity contribution >= 4 is 46.0 Å². The first-order chi connectivity index (χ1) is 17.4. The Kier molecular flexibility index (Phi) is 7.71. The highest BCUT2D eigenvalue weighted by Gasteiger charge is 2.41. The summed E-state index contributed by atoms with van der Waals surface area (Å²) in [6, 6.07) is 8.81. The molecule has 0 amide bonds. The molecule has 0 saturated heterocycles. The number of benzene rings is 1. The molecule has 1 aliphatic carbocycles. The Hall–Kier alpha value is -3.69. The molecule has 12 heteroatoms. The van der Waals surface area contributed by atoms with Gasteiger partial charge < -0.3 is 15.2 Å². The van der Waals surface area contributed by atoms with Crippen molar-refractivity contribution < 1.29 is 23.9 Å². The number of anilines is 1. The molecule has 0 spiro atoms. The van der Waals surface area contributed by atoms with E-state index in [0.29, 0.717) is 57.7 Å². The van der Waals surface area contributed by atoms with Crippen molar-refractivity contribution in [2.45, 2.75) is 36.4 Å². The van der Waals surface area contributed by atoms with Crippen molar-refractivity contribution in [3.63, 3.8) is 0 Å². The summed E-state index contributed by atoms with van der Waals surface area (Å²) in [6.07, 6.45) is 1.57. The second-order valence-corrected chi connectivity index (χ2v) is 10.1. The van der Waals surface area contributed by atoms with E-state index < -0.39 is 11.9 Å². The van der Waals surface area contributed by atoms with Crippen LogP contribution in [0.15, 0.2) is 51.3 Å². The molecule has 0 radical (unpaired) electrons. The van der Waals surface area contributed by atoms with Crippen molar-refractivity contribution in [2.75, 3.05) is 24.4 Å². The Labute approximate surface area is 215 Å². The molecule has 2 N–H and O–H groups in total. The van der Waals surface area contributed by atoms with Gasteiger partial charge in [0.15, 0.2) is 10.1 Å². The average molecular weight is 526 g/mol. The monoisotopic (exact) mass is 525 g/mol. The van der Waals surface area contributed by atoms with E-state index in [9.17, 15) is 19.6 Å². The topological polar surface area (TPSA) is 148 Å². The van der Waals surface area contributed by atoms with Crippen LogP contribution < -0.4 is 10.6 Å². The van der Waals surface area contributed by atoms with Gasteiger partial charge in [-0.1, -0.05) is 35.2 Å². The zero-order valence-electron chi connectivity index (χ0n) is 19.6. The molecule has 10 nitrogen and oxygen atoms in total. The Morgan fingerprint density at radius 3 is 2.69 bits per heavy atom. The highest BCUT2D eigenvalue weighted by Crippen LogP contribution is 2.47. The van der Waals surface area contributed by atoms with E-state index >= 15 is 0 Å². The smallest absolute Gasteiger partial charge is 0.337 e. The van der Waals surface area contributed by atoms with Gasteiger partial charge in [-0.2, -0.15) is 5.26 Å². The van der Waals surface area contributed by atoms with E-state index in [1.807, 2.05) is 0 Å². The highest BCUT2D eigenvalue weighted by atomic mass is 32.2. The van der Waals surface area contributed by atoms with Crippen LogP contribution in [0.4, 0.5) is 5.13 Å². The van der Waals surface area contributed by atoms with E-state index in [0.717, 1.165) is 0 Å². The number of thioether (sulfide) groups is 1. The summed E-state index contributed by atoms with van der Waals surface area (Å²) < 4.78 is 10.2. The zero-order valence-corrected chi connectivity index (χ0v) is 21.3. The third-order valence-corrected chi connectivity index (χ3v) is 7.80. The minimum absolute atomic E-state index is 0.0648. The lowest BCUT2D eigenvalue weighted by atomic mass is 9.75. The molecule has 2 aliphatic rings. The number of rotatable bonds is 7. The minimum Gasteiger partial charge on any atom is -0.465 e. The number of esters is 2. The quantitative estimate of drug-likeness (QED) is 0.419. The van der Waals surface area contributed by atoms with Gasteiger partial charge in [0.2, 0.25) is 5.13 Å². The van der Waals surface area contributed by atoms with E-state index in [1.54, 1.807) is 36.1 Å². The Morgan fingerprint density at radius 1 is 1.28 bits per heavy atom. The van der Waals surface area contributed by atoms with Gasteiger partial charge in [0.1, 0.15) is 5.82 Å². The molecule has 36 heavy (non-hydrogen) atoms. The maximum atomic E-state index is 13.2. The Morgan fingerprint density at radius 2 is 2.03 bits per heavy atom. The lowest BCUT2D eigenvalue weighted by molar-refractivity contribution is -0.139. The lowest BCUT2D eigenvalue weighted by Crippen LogP contribution is -2.38.